The van der Waals surface area contributed by atoms with Crippen LogP contribution in [0.4, 0.5) is 5.69 Å². The number of aryl methyl sites for hydroxylation is 1. The monoisotopic (exact) mass is 571 g/mol. The molecular weight excluding hydrogens is 542 g/mol. The van der Waals surface area contributed by atoms with Crippen LogP contribution in [0.3, 0.4) is 0 Å². The molecule has 4 aromatic rings. The minimum atomic E-state index is -1.51. The van der Waals surface area contributed by atoms with E-state index in [0.29, 0.717) is 27.6 Å². The van der Waals surface area contributed by atoms with Crippen molar-refractivity contribution in [2.45, 2.75) is 44.7 Å². The Labute approximate surface area is 250 Å². The van der Waals surface area contributed by atoms with E-state index in [4.69, 9.17) is 11.6 Å². The van der Waals surface area contributed by atoms with Crippen molar-refractivity contribution in [3.05, 3.63) is 141 Å². The van der Waals surface area contributed by atoms with Crippen LogP contribution in [0, 0.1) is 12.3 Å². The predicted molar refractivity (Wildman–Crippen MR) is 167 cm³/mol. The molecule has 7 rings (SSSR count). The number of Topliss-reactive ketones (excluding diaryl/α,β-unsaturated/α-hetero) is 3. The Balaban J connectivity index is 1.53. The van der Waals surface area contributed by atoms with Crippen molar-refractivity contribution < 1.29 is 14.4 Å². The standard InChI is InChI=1S/C37H30ClNO3/c1-21(2)23-12-14-24(15-13-23)32-33(34(40)25-10-8-22(3)9-11-25)39-30-18-17-27(38)20-26(30)16-19-31(39)37(32)35(41)28-6-4-5-7-29(28)36(37)42/h4-21,31-33H,1-3H3/t31-,32-,33-/m1/s1. The van der Waals surface area contributed by atoms with E-state index in [2.05, 4.69) is 26.0 Å². The fourth-order valence-electron chi connectivity index (χ4n) is 7.30. The van der Waals surface area contributed by atoms with Crippen LogP contribution in [0.25, 0.3) is 6.08 Å². The van der Waals surface area contributed by atoms with E-state index < -0.39 is 23.4 Å². The molecule has 208 valence electrons. The van der Waals surface area contributed by atoms with Crippen molar-refractivity contribution in [3.63, 3.8) is 0 Å². The SMILES string of the molecule is Cc1ccc(C(=O)[C@H]2[C@@H](c3ccc(C(C)C)cc3)C3(C(=O)c4ccccc4C3=O)[C@H]3C=Cc4cc(Cl)ccc4N23)cc1. The third-order valence-corrected chi connectivity index (χ3v) is 9.57. The second kappa shape index (κ2) is 9.64. The van der Waals surface area contributed by atoms with E-state index in [1.807, 2.05) is 72.5 Å². The zero-order chi connectivity index (χ0) is 29.3. The molecule has 5 heteroatoms. The highest BCUT2D eigenvalue weighted by Gasteiger charge is 2.71. The van der Waals surface area contributed by atoms with Gasteiger partial charge in [0.25, 0.3) is 0 Å². The fraction of sp³-hybridized carbons (Fsp3) is 0.216. The summed E-state index contributed by atoms with van der Waals surface area (Å²) in [5.74, 6) is -0.986. The van der Waals surface area contributed by atoms with Crippen molar-refractivity contribution in [1.29, 1.82) is 0 Å². The Morgan fingerprint density at radius 3 is 2.12 bits per heavy atom. The first kappa shape index (κ1) is 26.6. The molecule has 1 saturated heterocycles. The molecule has 2 aliphatic heterocycles. The normalized spacial score (nSPS) is 21.5. The van der Waals surface area contributed by atoms with Crippen LogP contribution in [0.5, 0.6) is 0 Å². The third kappa shape index (κ3) is 3.64. The molecule has 0 bridgehead atoms. The highest BCUT2D eigenvalue weighted by molar-refractivity contribution is 6.32. The van der Waals surface area contributed by atoms with E-state index in [1.165, 1.54) is 0 Å². The molecule has 4 nitrogen and oxygen atoms in total. The molecule has 3 atom stereocenters. The maximum atomic E-state index is 14.8. The first-order valence-electron chi connectivity index (χ1n) is 14.4. The minimum absolute atomic E-state index is 0.123. The van der Waals surface area contributed by atoms with E-state index in [-0.39, 0.29) is 17.3 Å². The summed E-state index contributed by atoms with van der Waals surface area (Å²) in [6, 6.07) is 26.8. The van der Waals surface area contributed by atoms with Gasteiger partial charge in [-0.3, -0.25) is 14.4 Å². The van der Waals surface area contributed by atoms with Gasteiger partial charge in [0.1, 0.15) is 11.5 Å². The second-order valence-electron chi connectivity index (χ2n) is 12.0. The van der Waals surface area contributed by atoms with Crippen LogP contribution in [0.2, 0.25) is 5.02 Å². The minimum Gasteiger partial charge on any atom is -0.352 e. The number of hydrogen-bond donors (Lipinski definition) is 0. The van der Waals surface area contributed by atoms with Crippen LogP contribution in [-0.4, -0.2) is 29.4 Å². The first-order valence-corrected chi connectivity index (χ1v) is 14.8. The first-order chi connectivity index (χ1) is 20.2. The Hall–Kier alpha value is -4.28. The Morgan fingerprint density at radius 2 is 1.50 bits per heavy atom. The summed E-state index contributed by atoms with van der Waals surface area (Å²) in [6.07, 6.45) is 3.86. The molecule has 0 saturated carbocycles. The van der Waals surface area contributed by atoms with Crippen LogP contribution in [0.1, 0.15) is 79.0 Å². The number of carbonyl (C=O) groups excluding carboxylic acids is 3. The maximum absolute atomic E-state index is 14.8. The molecule has 4 aromatic carbocycles. The number of halogens is 1. The number of hydrogen-bond acceptors (Lipinski definition) is 4. The van der Waals surface area contributed by atoms with Gasteiger partial charge in [-0.05, 0) is 47.7 Å². The van der Waals surface area contributed by atoms with Crippen molar-refractivity contribution >= 4 is 40.7 Å². The summed E-state index contributed by atoms with van der Waals surface area (Å²) in [4.78, 5) is 46.3. The van der Waals surface area contributed by atoms with Gasteiger partial charge >= 0.3 is 0 Å². The molecule has 0 unspecified atom stereocenters. The number of rotatable bonds is 4. The van der Waals surface area contributed by atoms with Gasteiger partial charge in [0.15, 0.2) is 17.3 Å². The summed E-state index contributed by atoms with van der Waals surface area (Å²) in [7, 11) is 0. The van der Waals surface area contributed by atoms with Crippen LogP contribution < -0.4 is 4.90 Å². The number of nitrogens with zero attached hydrogens (tertiary/aromatic N) is 1. The van der Waals surface area contributed by atoms with Crippen molar-refractivity contribution in [2.75, 3.05) is 4.90 Å². The number of benzene rings is 4. The summed E-state index contributed by atoms with van der Waals surface area (Å²) in [6.45, 7) is 6.24. The van der Waals surface area contributed by atoms with E-state index in [9.17, 15) is 14.4 Å². The lowest BCUT2D eigenvalue weighted by molar-refractivity contribution is 0.0666. The highest BCUT2D eigenvalue weighted by atomic mass is 35.5. The van der Waals surface area contributed by atoms with Gasteiger partial charge in [-0.25, -0.2) is 0 Å². The van der Waals surface area contributed by atoms with Gasteiger partial charge in [0.2, 0.25) is 0 Å². The number of fused-ring (bicyclic) bond motifs is 5. The van der Waals surface area contributed by atoms with Gasteiger partial charge in [-0.2, -0.15) is 0 Å². The lowest BCUT2D eigenvalue weighted by atomic mass is 9.64. The van der Waals surface area contributed by atoms with Gasteiger partial charge in [0, 0.05) is 33.3 Å². The molecule has 1 aliphatic carbocycles. The van der Waals surface area contributed by atoms with Crippen LogP contribution >= 0.6 is 11.6 Å². The summed E-state index contributed by atoms with van der Waals surface area (Å²) < 4.78 is 0. The quantitative estimate of drug-likeness (QED) is 0.183. The molecular formula is C37H30ClNO3. The summed E-state index contributed by atoms with van der Waals surface area (Å²) in [5, 5.41) is 0.577. The Kier molecular flexibility index (Phi) is 6.11. The largest absolute Gasteiger partial charge is 0.352 e. The van der Waals surface area contributed by atoms with E-state index in [0.717, 1.165) is 27.9 Å². The van der Waals surface area contributed by atoms with Crippen molar-refractivity contribution in [2.24, 2.45) is 5.41 Å². The van der Waals surface area contributed by atoms with Crippen molar-refractivity contribution in [3.8, 4) is 0 Å². The highest BCUT2D eigenvalue weighted by Crippen LogP contribution is 2.61. The van der Waals surface area contributed by atoms with Gasteiger partial charge in [0.05, 0.1) is 6.04 Å². The molecule has 2 heterocycles. The second-order valence-corrected chi connectivity index (χ2v) is 12.4. The summed E-state index contributed by atoms with van der Waals surface area (Å²) >= 11 is 6.39. The Bertz CT molecular complexity index is 1770. The molecule has 0 radical (unpaired) electrons. The zero-order valence-electron chi connectivity index (χ0n) is 23.7. The van der Waals surface area contributed by atoms with Gasteiger partial charge < -0.3 is 4.90 Å². The van der Waals surface area contributed by atoms with E-state index in [1.54, 1.807) is 30.3 Å². The van der Waals surface area contributed by atoms with Gasteiger partial charge in [-0.1, -0.05) is 116 Å². The molecule has 0 N–H and O–H groups in total. The lowest BCUT2D eigenvalue weighted by Crippen LogP contribution is -2.48. The smallest absolute Gasteiger partial charge is 0.185 e. The van der Waals surface area contributed by atoms with Crippen LogP contribution in [0.15, 0.2) is 97.1 Å². The number of ketones is 3. The molecule has 1 spiro atoms. The maximum Gasteiger partial charge on any atom is 0.185 e. The molecule has 0 aromatic heterocycles. The average molecular weight is 572 g/mol. The fourth-order valence-corrected chi connectivity index (χ4v) is 7.48. The number of carbonyl (C=O) groups is 3. The molecule has 0 amide bonds. The van der Waals surface area contributed by atoms with Crippen LogP contribution in [-0.2, 0) is 0 Å². The van der Waals surface area contributed by atoms with Crippen molar-refractivity contribution in [1.82, 2.24) is 0 Å². The summed E-state index contributed by atoms with van der Waals surface area (Å²) in [5.41, 5.74) is 4.51. The number of anilines is 1. The van der Waals surface area contributed by atoms with E-state index >= 15 is 0 Å². The topological polar surface area (TPSA) is 54.5 Å². The predicted octanol–water partition coefficient (Wildman–Crippen LogP) is 8.09. The zero-order valence-corrected chi connectivity index (χ0v) is 24.4. The Morgan fingerprint density at radius 1 is 0.857 bits per heavy atom. The average Bonchev–Trinajstić information content (AvgIpc) is 3.43. The molecule has 1 fully saturated rings. The van der Waals surface area contributed by atoms with Gasteiger partial charge in [-0.15, -0.1) is 0 Å². The third-order valence-electron chi connectivity index (χ3n) is 9.33. The lowest BCUT2D eigenvalue weighted by Gasteiger charge is -2.37. The molecule has 3 aliphatic rings. The molecule has 42 heavy (non-hydrogen) atoms.